The maximum Gasteiger partial charge on any atom is 0.220 e. The van der Waals surface area contributed by atoms with Crippen molar-refractivity contribution in [3.8, 4) is 0 Å². The molecule has 2 aromatic heterocycles. The molecule has 2 aromatic rings. The molecule has 0 saturated heterocycles. The van der Waals surface area contributed by atoms with Gasteiger partial charge in [0.15, 0.2) is 11.6 Å². The lowest BCUT2D eigenvalue weighted by molar-refractivity contribution is -0.121. The van der Waals surface area contributed by atoms with Crippen LogP contribution in [-0.2, 0) is 17.8 Å². The molecule has 1 amide bonds. The van der Waals surface area contributed by atoms with Gasteiger partial charge in [0, 0.05) is 25.8 Å². The third-order valence-electron chi connectivity index (χ3n) is 4.01. The Morgan fingerprint density at radius 1 is 1.39 bits per heavy atom. The lowest BCUT2D eigenvalue weighted by atomic mass is 10.1. The molecule has 0 unspecified atom stereocenters. The van der Waals surface area contributed by atoms with Crippen LogP contribution in [-0.4, -0.2) is 26.5 Å². The van der Waals surface area contributed by atoms with E-state index in [1.54, 1.807) is 0 Å². The van der Waals surface area contributed by atoms with E-state index in [2.05, 4.69) is 20.1 Å². The lowest BCUT2D eigenvalue weighted by Gasteiger charge is -2.13. The Hall–Kier alpha value is -2.02. The summed E-state index contributed by atoms with van der Waals surface area (Å²) in [5.41, 5.74) is 0. The van der Waals surface area contributed by atoms with Gasteiger partial charge in [0.2, 0.25) is 5.91 Å². The molecular formula is C16H20N4O2S. The molecular weight excluding hydrogens is 312 g/mol. The number of hydrogen-bond donors (Lipinski definition) is 1. The van der Waals surface area contributed by atoms with Crippen LogP contribution in [0.25, 0.3) is 0 Å². The number of nitrogens with zero attached hydrogens (tertiary/aromatic N) is 3. The van der Waals surface area contributed by atoms with Gasteiger partial charge in [0.25, 0.3) is 0 Å². The zero-order chi connectivity index (χ0) is 16.2. The third-order valence-corrected chi connectivity index (χ3v) is 4.92. The zero-order valence-electron chi connectivity index (χ0n) is 13.1. The van der Waals surface area contributed by atoms with Crippen molar-refractivity contribution in [3.05, 3.63) is 34.0 Å². The second-order valence-corrected chi connectivity index (χ2v) is 6.72. The first-order chi connectivity index (χ1) is 11.1. The van der Waals surface area contributed by atoms with E-state index in [9.17, 15) is 9.59 Å². The first kappa shape index (κ1) is 15.9. The topological polar surface area (TPSA) is 76.9 Å². The SMILES string of the molecule is C[C@@H](NC(=O)CCCC(=O)c1cccs1)c1nnc2n1CCC2. The first-order valence-electron chi connectivity index (χ1n) is 7.93. The van der Waals surface area contributed by atoms with E-state index in [0.717, 1.165) is 35.9 Å². The van der Waals surface area contributed by atoms with Crippen LogP contribution in [0.1, 0.15) is 60.0 Å². The highest BCUT2D eigenvalue weighted by Crippen LogP contribution is 2.19. The second kappa shape index (κ2) is 7.04. The van der Waals surface area contributed by atoms with Gasteiger partial charge < -0.3 is 9.88 Å². The fraction of sp³-hybridized carbons (Fsp3) is 0.500. The van der Waals surface area contributed by atoms with Crippen LogP contribution in [0.2, 0.25) is 0 Å². The third kappa shape index (κ3) is 3.67. The van der Waals surface area contributed by atoms with Gasteiger partial charge in [-0.1, -0.05) is 6.07 Å². The summed E-state index contributed by atoms with van der Waals surface area (Å²) in [7, 11) is 0. The second-order valence-electron chi connectivity index (χ2n) is 5.77. The number of Topliss-reactive ketones (excluding diaryl/α,β-unsaturated/α-hetero) is 1. The largest absolute Gasteiger partial charge is 0.346 e. The van der Waals surface area contributed by atoms with E-state index in [1.807, 2.05) is 24.4 Å². The molecule has 3 heterocycles. The van der Waals surface area contributed by atoms with Gasteiger partial charge in [0.1, 0.15) is 5.82 Å². The quantitative estimate of drug-likeness (QED) is 0.790. The number of rotatable bonds is 7. The van der Waals surface area contributed by atoms with E-state index in [-0.39, 0.29) is 17.7 Å². The number of amides is 1. The van der Waals surface area contributed by atoms with E-state index in [4.69, 9.17) is 0 Å². The minimum Gasteiger partial charge on any atom is -0.346 e. The predicted octanol–water partition coefficient (Wildman–Crippen LogP) is 2.52. The summed E-state index contributed by atoms with van der Waals surface area (Å²) < 4.78 is 2.09. The molecule has 23 heavy (non-hydrogen) atoms. The van der Waals surface area contributed by atoms with Gasteiger partial charge in [-0.2, -0.15) is 0 Å². The molecule has 122 valence electrons. The lowest BCUT2D eigenvalue weighted by Crippen LogP contribution is -2.28. The summed E-state index contributed by atoms with van der Waals surface area (Å²) in [4.78, 5) is 24.7. The van der Waals surface area contributed by atoms with Gasteiger partial charge in [-0.25, -0.2) is 0 Å². The summed E-state index contributed by atoms with van der Waals surface area (Å²) in [6, 6.07) is 3.53. The van der Waals surface area contributed by atoms with Gasteiger partial charge >= 0.3 is 0 Å². The molecule has 1 aliphatic rings. The van der Waals surface area contributed by atoms with Crippen LogP contribution in [0.3, 0.4) is 0 Å². The molecule has 7 heteroatoms. The molecule has 0 bridgehead atoms. The summed E-state index contributed by atoms with van der Waals surface area (Å²) in [5, 5.41) is 13.2. The number of carbonyl (C=O) groups is 2. The summed E-state index contributed by atoms with van der Waals surface area (Å²) >= 11 is 1.44. The number of nitrogens with one attached hydrogen (secondary N) is 1. The number of ketones is 1. The van der Waals surface area contributed by atoms with Gasteiger partial charge in [0.05, 0.1) is 10.9 Å². The molecule has 1 aliphatic heterocycles. The van der Waals surface area contributed by atoms with Crippen molar-refractivity contribution in [2.24, 2.45) is 0 Å². The van der Waals surface area contributed by atoms with Crippen molar-refractivity contribution in [1.82, 2.24) is 20.1 Å². The summed E-state index contributed by atoms with van der Waals surface area (Å²) in [6.45, 7) is 2.84. The molecule has 6 nitrogen and oxygen atoms in total. The molecule has 1 atom stereocenters. The molecule has 0 radical (unpaired) electrons. The van der Waals surface area contributed by atoms with Crippen LogP contribution < -0.4 is 5.32 Å². The number of carbonyl (C=O) groups excluding carboxylic acids is 2. The highest BCUT2D eigenvalue weighted by atomic mass is 32.1. The number of thiophene rings is 1. The maximum absolute atomic E-state index is 12.0. The highest BCUT2D eigenvalue weighted by molar-refractivity contribution is 7.12. The number of hydrogen-bond acceptors (Lipinski definition) is 5. The van der Waals surface area contributed by atoms with E-state index in [0.29, 0.717) is 19.3 Å². The molecule has 0 spiro atoms. The number of aryl methyl sites for hydroxylation is 1. The summed E-state index contributed by atoms with van der Waals surface area (Å²) in [5.74, 6) is 1.88. The molecule has 0 aromatic carbocycles. The normalized spacial score (nSPS) is 14.5. The molecule has 3 rings (SSSR count). The predicted molar refractivity (Wildman–Crippen MR) is 87.4 cm³/mol. The first-order valence-corrected chi connectivity index (χ1v) is 8.81. The van der Waals surface area contributed by atoms with Crippen molar-refractivity contribution in [2.75, 3.05) is 0 Å². The van der Waals surface area contributed by atoms with Gasteiger partial charge in [-0.15, -0.1) is 21.5 Å². The fourth-order valence-corrected chi connectivity index (χ4v) is 3.54. The van der Waals surface area contributed by atoms with Gasteiger partial charge in [-0.3, -0.25) is 9.59 Å². The highest BCUT2D eigenvalue weighted by Gasteiger charge is 2.22. The molecule has 0 saturated carbocycles. The molecule has 1 N–H and O–H groups in total. The van der Waals surface area contributed by atoms with Gasteiger partial charge in [-0.05, 0) is 31.2 Å². The van der Waals surface area contributed by atoms with Crippen molar-refractivity contribution in [1.29, 1.82) is 0 Å². The number of fused-ring (bicyclic) bond motifs is 1. The standard InChI is InChI=1S/C16H20N4O2S/c1-11(16-19-18-14-7-3-9-20(14)16)17-15(22)8-2-5-12(21)13-6-4-10-23-13/h4,6,10-11H,2-3,5,7-9H2,1H3,(H,17,22)/t11-/m1/s1. The number of aromatic nitrogens is 3. The van der Waals surface area contributed by atoms with Crippen molar-refractivity contribution >= 4 is 23.0 Å². The summed E-state index contributed by atoms with van der Waals surface area (Å²) in [6.07, 6.45) is 3.36. The van der Waals surface area contributed by atoms with Crippen molar-refractivity contribution in [3.63, 3.8) is 0 Å². The molecule has 0 aliphatic carbocycles. The Morgan fingerprint density at radius 3 is 3.04 bits per heavy atom. The van der Waals surface area contributed by atoms with E-state index < -0.39 is 0 Å². The van der Waals surface area contributed by atoms with Crippen LogP contribution >= 0.6 is 11.3 Å². The van der Waals surface area contributed by atoms with Crippen LogP contribution in [0.4, 0.5) is 0 Å². The van der Waals surface area contributed by atoms with Crippen molar-refractivity contribution in [2.45, 2.75) is 51.6 Å². The van der Waals surface area contributed by atoms with Crippen LogP contribution in [0.5, 0.6) is 0 Å². The Labute approximate surface area is 138 Å². The van der Waals surface area contributed by atoms with Crippen molar-refractivity contribution < 1.29 is 9.59 Å². The van der Waals surface area contributed by atoms with Crippen LogP contribution in [0.15, 0.2) is 17.5 Å². The zero-order valence-corrected chi connectivity index (χ0v) is 13.9. The fourth-order valence-electron chi connectivity index (χ4n) is 2.84. The minimum absolute atomic E-state index is 0.0492. The average molecular weight is 332 g/mol. The Morgan fingerprint density at radius 2 is 2.26 bits per heavy atom. The smallest absolute Gasteiger partial charge is 0.220 e. The average Bonchev–Trinajstić information content (AvgIpc) is 3.24. The Kier molecular flexibility index (Phi) is 4.85. The Balaban J connectivity index is 1.45. The van der Waals surface area contributed by atoms with Crippen LogP contribution in [0, 0.1) is 0 Å². The Bertz CT molecular complexity index is 693. The minimum atomic E-state index is -0.158. The monoisotopic (exact) mass is 332 g/mol. The van der Waals surface area contributed by atoms with E-state index >= 15 is 0 Å². The molecule has 0 fully saturated rings. The van der Waals surface area contributed by atoms with E-state index in [1.165, 1.54) is 11.3 Å². The maximum atomic E-state index is 12.0.